The number of rotatable bonds is 4. The van der Waals surface area contributed by atoms with Crippen molar-refractivity contribution in [3.05, 3.63) is 68.0 Å². The molecule has 0 spiro atoms. The van der Waals surface area contributed by atoms with Gasteiger partial charge in [-0.3, -0.25) is 9.78 Å². The predicted octanol–water partition coefficient (Wildman–Crippen LogP) is 2.30. The molecule has 1 aliphatic heterocycles. The Morgan fingerprint density at radius 1 is 1.30 bits per heavy atom. The molecule has 0 bridgehead atoms. The summed E-state index contributed by atoms with van der Waals surface area (Å²) in [6.07, 6.45) is 1.84. The summed E-state index contributed by atoms with van der Waals surface area (Å²) in [4.78, 5) is 32.7. The minimum Gasteiger partial charge on any atom is -0.337 e. The lowest BCUT2D eigenvalue weighted by molar-refractivity contribution is 0.0706. The van der Waals surface area contributed by atoms with Crippen LogP contribution in [-0.2, 0) is 6.42 Å². The molecule has 0 saturated carbocycles. The van der Waals surface area contributed by atoms with Crippen LogP contribution in [0, 0.1) is 5.82 Å². The first-order chi connectivity index (χ1) is 13.1. The zero-order valence-electron chi connectivity index (χ0n) is 14.4. The lowest BCUT2D eigenvalue weighted by Crippen LogP contribution is -2.38. The number of benzene rings is 1. The standard InChI is InChI=1S/C18H18FN5O2S/c19-13-4-2-1-3-12(13)9-15-20-14(10-27-15)17(25)24-7-5-11(6-8-24)16-21-18(26)23-22-16/h1-4,10-11H,5-9H2,(H2,21,22,23,26). The van der Waals surface area contributed by atoms with Crippen molar-refractivity contribution in [3.8, 4) is 0 Å². The lowest BCUT2D eigenvalue weighted by atomic mass is 9.96. The van der Waals surface area contributed by atoms with Crippen LogP contribution in [0.15, 0.2) is 34.4 Å². The number of hydrogen-bond donors (Lipinski definition) is 2. The SMILES string of the molecule is O=C(c1csc(Cc2ccccc2F)n1)N1CCC(c2n[nH]c(=O)[nH]2)CC1. The van der Waals surface area contributed by atoms with Gasteiger partial charge in [0.25, 0.3) is 5.91 Å². The summed E-state index contributed by atoms with van der Waals surface area (Å²) < 4.78 is 13.8. The van der Waals surface area contributed by atoms with Crippen LogP contribution < -0.4 is 5.69 Å². The minimum atomic E-state index is -0.312. The summed E-state index contributed by atoms with van der Waals surface area (Å²) in [6.45, 7) is 1.16. The zero-order valence-corrected chi connectivity index (χ0v) is 15.3. The van der Waals surface area contributed by atoms with Crippen molar-refractivity contribution in [1.29, 1.82) is 0 Å². The first-order valence-corrected chi connectivity index (χ1v) is 9.60. The number of carbonyl (C=O) groups is 1. The number of amides is 1. The molecular weight excluding hydrogens is 369 g/mol. The zero-order chi connectivity index (χ0) is 18.8. The van der Waals surface area contributed by atoms with Gasteiger partial charge in [-0.1, -0.05) is 18.2 Å². The van der Waals surface area contributed by atoms with Crippen molar-refractivity contribution < 1.29 is 9.18 Å². The van der Waals surface area contributed by atoms with Gasteiger partial charge >= 0.3 is 5.69 Å². The van der Waals surface area contributed by atoms with Crippen LogP contribution in [0.1, 0.15) is 45.6 Å². The highest BCUT2D eigenvalue weighted by atomic mass is 32.1. The Kier molecular flexibility index (Phi) is 4.85. The van der Waals surface area contributed by atoms with Crippen LogP contribution in [0.25, 0.3) is 0 Å². The smallest absolute Gasteiger partial charge is 0.337 e. The minimum absolute atomic E-state index is 0.111. The molecule has 1 aliphatic rings. The summed E-state index contributed by atoms with van der Waals surface area (Å²) >= 11 is 1.37. The fourth-order valence-corrected chi connectivity index (χ4v) is 4.08. The van der Waals surface area contributed by atoms with E-state index >= 15 is 0 Å². The van der Waals surface area contributed by atoms with Gasteiger partial charge in [0.2, 0.25) is 0 Å². The average Bonchev–Trinajstić information content (AvgIpc) is 3.32. The molecule has 2 aromatic heterocycles. The molecule has 27 heavy (non-hydrogen) atoms. The second-order valence-electron chi connectivity index (χ2n) is 6.52. The van der Waals surface area contributed by atoms with Crippen molar-refractivity contribution in [2.24, 2.45) is 0 Å². The maximum absolute atomic E-state index is 13.8. The number of piperidine rings is 1. The third-order valence-corrected chi connectivity index (χ3v) is 5.61. The summed E-state index contributed by atoms with van der Waals surface area (Å²) in [7, 11) is 0. The molecule has 2 N–H and O–H groups in total. The first kappa shape index (κ1) is 17.6. The molecule has 1 saturated heterocycles. The fraction of sp³-hybridized carbons (Fsp3) is 0.333. The van der Waals surface area contributed by atoms with E-state index in [4.69, 9.17) is 0 Å². The molecular formula is C18H18FN5O2S. The number of H-pyrrole nitrogens is 2. The number of thiazole rings is 1. The average molecular weight is 387 g/mol. The van der Waals surface area contributed by atoms with E-state index in [1.807, 2.05) is 0 Å². The summed E-state index contributed by atoms with van der Waals surface area (Å²) in [5, 5.41) is 8.80. The second kappa shape index (κ2) is 7.43. The molecule has 1 amide bonds. The quantitative estimate of drug-likeness (QED) is 0.718. The van der Waals surface area contributed by atoms with Crippen molar-refractivity contribution in [2.45, 2.75) is 25.2 Å². The molecule has 1 aromatic carbocycles. The van der Waals surface area contributed by atoms with Gasteiger partial charge in [0.15, 0.2) is 0 Å². The predicted molar refractivity (Wildman–Crippen MR) is 98.4 cm³/mol. The Morgan fingerprint density at radius 3 is 2.78 bits per heavy atom. The van der Waals surface area contributed by atoms with Crippen molar-refractivity contribution in [3.63, 3.8) is 0 Å². The molecule has 7 nitrogen and oxygen atoms in total. The Balaban J connectivity index is 1.38. The third kappa shape index (κ3) is 3.82. The van der Waals surface area contributed by atoms with Crippen molar-refractivity contribution in [1.82, 2.24) is 25.1 Å². The number of hydrogen-bond acceptors (Lipinski definition) is 5. The molecule has 0 aliphatic carbocycles. The number of aromatic amines is 2. The van der Waals surface area contributed by atoms with Crippen molar-refractivity contribution in [2.75, 3.05) is 13.1 Å². The monoisotopic (exact) mass is 387 g/mol. The van der Waals surface area contributed by atoms with Gasteiger partial charge < -0.3 is 4.90 Å². The summed E-state index contributed by atoms with van der Waals surface area (Å²) in [5.74, 6) is 0.409. The van der Waals surface area contributed by atoms with Gasteiger partial charge in [-0.2, -0.15) is 5.10 Å². The largest absolute Gasteiger partial charge is 0.340 e. The highest BCUT2D eigenvalue weighted by molar-refractivity contribution is 7.09. The number of nitrogens with zero attached hydrogens (tertiary/aromatic N) is 3. The molecule has 3 aromatic rings. The molecule has 9 heteroatoms. The molecule has 0 atom stereocenters. The van der Waals surface area contributed by atoms with Gasteiger partial charge in [-0.05, 0) is 24.5 Å². The Labute approximate surface area is 158 Å². The molecule has 1 fully saturated rings. The van der Waals surface area contributed by atoms with Gasteiger partial charge in [0, 0.05) is 30.8 Å². The van der Waals surface area contributed by atoms with Gasteiger partial charge in [0.1, 0.15) is 17.3 Å². The molecule has 3 heterocycles. The van der Waals surface area contributed by atoms with E-state index in [0.29, 0.717) is 41.6 Å². The molecule has 140 valence electrons. The Hall–Kier alpha value is -2.81. The molecule has 0 unspecified atom stereocenters. The van der Waals surface area contributed by atoms with Crippen molar-refractivity contribution >= 4 is 17.2 Å². The van der Waals surface area contributed by atoms with E-state index in [1.54, 1.807) is 28.5 Å². The lowest BCUT2D eigenvalue weighted by Gasteiger charge is -2.30. The van der Waals surface area contributed by atoms with Crippen LogP contribution in [0.3, 0.4) is 0 Å². The summed E-state index contributed by atoms with van der Waals surface area (Å²) in [6, 6.07) is 6.58. The number of halogens is 1. The van der Waals surface area contributed by atoms with E-state index in [0.717, 1.165) is 12.8 Å². The third-order valence-electron chi connectivity index (χ3n) is 4.76. The van der Waals surface area contributed by atoms with E-state index in [2.05, 4.69) is 20.2 Å². The highest BCUT2D eigenvalue weighted by Gasteiger charge is 2.27. The maximum atomic E-state index is 13.8. The number of aromatic nitrogens is 4. The number of carbonyl (C=O) groups excluding carboxylic acids is 1. The topological polar surface area (TPSA) is 94.7 Å². The summed E-state index contributed by atoms with van der Waals surface area (Å²) in [5.41, 5.74) is 0.658. The van der Waals surface area contributed by atoms with E-state index < -0.39 is 0 Å². The van der Waals surface area contributed by atoms with E-state index in [9.17, 15) is 14.0 Å². The van der Waals surface area contributed by atoms with Gasteiger partial charge in [-0.25, -0.2) is 19.3 Å². The maximum Gasteiger partial charge on any atom is 0.340 e. The van der Waals surface area contributed by atoms with Crippen LogP contribution in [-0.4, -0.2) is 44.1 Å². The normalized spacial score (nSPS) is 15.2. The van der Waals surface area contributed by atoms with Gasteiger partial charge in [-0.15, -0.1) is 11.3 Å². The second-order valence-corrected chi connectivity index (χ2v) is 7.47. The van der Waals surface area contributed by atoms with E-state index in [1.165, 1.54) is 17.4 Å². The van der Waals surface area contributed by atoms with E-state index in [-0.39, 0.29) is 23.3 Å². The van der Waals surface area contributed by atoms with Crippen LogP contribution in [0.4, 0.5) is 4.39 Å². The fourth-order valence-electron chi connectivity index (χ4n) is 3.29. The highest BCUT2D eigenvalue weighted by Crippen LogP contribution is 2.26. The first-order valence-electron chi connectivity index (χ1n) is 8.72. The number of likely N-dealkylation sites (tertiary alicyclic amines) is 1. The molecule has 0 radical (unpaired) electrons. The van der Waals surface area contributed by atoms with Crippen LogP contribution >= 0.6 is 11.3 Å². The van der Waals surface area contributed by atoms with Gasteiger partial charge in [0.05, 0.1) is 5.01 Å². The Morgan fingerprint density at radius 2 is 2.07 bits per heavy atom. The Bertz CT molecular complexity index is 1000. The number of nitrogens with one attached hydrogen (secondary N) is 2. The van der Waals surface area contributed by atoms with Crippen LogP contribution in [0.2, 0.25) is 0 Å². The molecule has 4 rings (SSSR count). The van der Waals surface area contributed by atoms with Crippen LogP contribution in [0.5, 0.6) is 0 Å².